The van der Waals surface area contributed by atoms with Crippen LogP contribution in [0.3, 0.4) is 0 Å². The van der Waals surface area contributed by atoms with Gasteiger partial charge in [0.25, 0.3) is 0 Å². The molecule has 2 aromatic rings. The Kier molecular flexibility index (Phi) is 6.93. The van der Waals surface area contributed by atoms with Gasteiger partial charge in [0.05, 0.1) is 18.8 Å². The lowest BCUT2D eigenvalue weighted by molar-refractivity contribution is -0.131. The second-order valence-electron chi connectivity index (χ2n) is 6.48. The van der Waals surface area contributed by atoms with Crippen molar-refractivity contribution in [3.63, 3.8) is 0 Å². The number of hydrogen-bond acceptors (Lipinski definition) is 4. The van der Waals surface area contributed by atoms with E-state index >= 15 is 0 Å². The monoisotopic (exact) mass is 358 g/mol. The highest BCUT2D eigenvalue weighted by atomic mass is 32.2. The largest absolute Gasteiger partial charge is 0.396 e. The molecule has 4 atom stereocenters. The van der Waals surface area contributed by atoms with E-state index in [1.54, 1.807) is 11.8 Å². The van der Waals surface area contributed by atoms with Gasteiger partial charge < -0.3 is 14.6 Å². The average Bonchev–Trinajstić information content (AvgIpc) is 2.65. The summed E-state index contributed by atoms with van der Waals surface area (Å²) in [5.74, 6) is 0.267. The van der Waals surface area contributed by atoms with Gasteiger partial charge in [-0.1, -0.05) is 67.2 Å². The van der Waals surface area contributed by atoms with Crippen LogP contribution in [0.25, 0.3) is 0 Å². The third kappa shape index (κ3) is 5.32. The van der Waals surface area contributed by atoms with Gasteiger partial charge >= 0.3 is 0 Å². The Hall–Kier alpha value is -1.33. The Morgan fingerprint density at radius 3 is 2.44 bits per heavy atom. The first-order valence-electron chi connectivity index (χ1n) is 8.90. The first kappa shape index (κ1) is 18.5. The molecular weight excluding hydrogens is 332 g/mol. The molecule has 25 heavy (non-hydrogen) atoms. The Morgan fingerprint density at radius 1 is 1.08 bits per heavy atom. The zero-order chi connectivity index (χ0) is 17.5. The van der Waals surface area contributed by atoms with Gasteiger partial charge in [0, 0.05) is 23.8 Å². The third-order valence-electron chi connectivity index (χ3n) is 4.66. The van der Waals surface area contributed by atoms with Gasteiger partial charge in [-0.3, -0.25) is 0 Å². The van der Waals surface area contributed by atoms with Gasteiger partial charge in [0.15, 0.2) is 0 Å². The third-order valence-corrected chi connectivity index (χ3v) is 5.77. The highest BCUT2D eigenvalue weighted by molar-refractivity contribution is 7.99. The second-order valence-corrected chi connectivity index (χ2v) is 7.71. The van der Waals surface area contributed by atoms with Crippen LogP contribution in [0, 0.1) is 5.92 Å². The molecule has 1 N–H and O–H groups in total. The van der Waals surface area contributed by atoms with Gasteiger partial charge in [-0.15, -0.1) is 0 Å². The molecule has 1 fully saturated rings. The van der Waals surface area contributed by atoms with Crippen LogP contribution in [-0.2, 0) is 16.1 Å². The summed E-state index contributed by atoms with van der Waals surface area (Å²) < 4.78 is 12.5. The molecule has 1 unspecified atom stereocenters. The molecule has 2 aromatic carbocycles. The van der Waals surface area contributed by atoms with Crippen LogP contribution < -0.4 is 0 Å². The van der Waals surface area contributed by atoms with Crippen molar-refractivity contribution in [1.82, 2.24) is 0 Å². The van der Waals surface area contributed by atoms with Gasteiger partial charge in [-0.25, -0.2) is 0 Å². The summed E-state index contributed by atoms with van der Waals surface area (Å²) in [7, 11) is 0. The summed E-state index contributed by atoms with van der Waals surface area (Å²) in [5.41, 5.74) is 1.24. The summed E-state index contributed by atoms with van der Waals surface area (Å²) in [6, 6.07) is 20.6. The number of hydrogen-bond donors (Lipinski definition) is 1. The van der Waals surface area contributed by atoms with E-state index in [0.717, 1.165) is 6.42 Å². The predicted molar refractivity (Wildman–Crippen MR) is 101 cm³/mol. The summed E-state index contributed by atoms with van der Waals surface area (Å²) in [4.78, 5) is 1.20. The maximum absolute atomic E-state index is 9.38. The molecule has 1 aliphatic heterocycles. The van der Waals surface area contributed by atoms with Crippen molar-refractivity contribution >= 4 is 11.8 Å². The lowest BCUT2D eigenvalue weighted by Crippen LogP contribution is -2.43. The first-order valence-corrected chi connectivity index (χ1v) is 9.78. The molecule has 1 saturated heterocycles. The first-order chi connectivity index (χ1) is 12.3. The minimum atomic E-state index is 0.0285. The van der Waals surface area contributed by atoms with Crippen LogP contribution in [0.4, 0.5) is 0 Å². The van der Waals surface area contributed by atoms with E-state index in [9.17, 15) is 5.11 Å². The lowest BCUT2D eigenvalue weighted by Gasteiger charge is -2.40. The molecule has 0 aromatic heterocycles. The van der Waals surface area contributed by atoms with Crippen LogP contribution in [0.2, 0.25) is 0 Å². The van der Waals surface area contributed by atoms with Crippen molar-refractivity contribution in [2.75, 3.05) is 6.61 Å². The van der Waals surface area contributed by atoms with Crippen LogP contribution in [-0.4, -0.2) is 29.4 Å². The number of thioether (sulfide) groups is 1. The smallest absolute Gasteiger partial charge is 0.110 e. The van der Waals surface area contributed by atoms with Gasteiger partial charge in [0.2, 0.25) is 0 Å². The van der Waals surface area contributed by atoms with Gasteiger partial charge in [-0.05, 0) is 24.1 Å². The van der Waals surface area contributed by atoms with Gasteiger partial charge in [-0.2, -0.15) is 0 Å². The van der Waals surface area contributed by atoms with E-state index in [4.69, 9.17) is 9.47 Å². The zero-order valence-corrected chi connectivity index (χ0v) is 15.4. The number of aliphatic hydroxyl groups is 1. The quantitative estimate of drug-likeness (QED) is 0.791. The summed E-state index contributed by atoms with van der Waals surface area (Å²) >= 11 is 1.74. The van der Waals surface area contributed by atoms with Crippen molar-refractivity contribution in [3.8, 4) is 0 Å². The maximum atomic E-state index is 9.38. The highest BCUT2D eigenvalue weighted by Gasteiger charge is 2.36. The summed E-state index contributed by atoms with van der Waals surface area (Å²) in [5, 5.41) is 9.38. The van der Waals surface area contributed by atoms with Gasteiger partial charge in [0.1, 0.15) is 5.44 Å². The minimum Gasteiger partial charge on any atom is -0.396 e. The van der Waals surface area contributed by atoms with Crippen molar-refractivity contribution < 1.29 is 14.6 Å². The summed E-state index contributed by atoms with van der Waals surface area (Å²) in [6.07, 6.45) is 1.67. The number of aliphatic hydroxyl groups excluding tert-OH is 1. The topological polar surface area (TPSA) is 38.7 Å². The van der Waals surface area contributed by atoms with Crippen molar-refractivity contribution in [3.05, 3.63) is 66.2 Å². The maximum Gasteiger partial charge on any atom is 0.110 e. The summed E-state index contributed by atoms with van der Waals surface area (Å²) in [6.45, 7) is 2.92. The fraction of sp³-hybridized carbons (Fsp3) is 0.429. The Balaban J connectivity index is 1.64. The molecule has 4 heteroatoms. The molecule has 0 radical (unpaired) electrons. The molecular formula is C21H26O3S. The molecule has 1 heterocycles. The Bertz CT molecular complexity index is 620. The van der Waals surface area contributed by atoms with E-state index in [2.05, 4.69) is 31.2 Å². The van der Waals surface area contributed by atoms with Crippen LogP contribution in [0.1, 0.15) is 25.3 Å². The van der Waals surface area contributed by atoms with E-state index in [1.807, 2.05) is 36.4 Å². The molecule has 0 saturated carbocycles. The fourth-order valence-corrected chi connectivity index (χ4v) is 4.30. The molecule has 0 spiro atoms. The standard InChI is InChI=1S/C21H26O3S/c1-16-19(12-13-22)24-21(25-18-10-6-3-7-11-18)14-20(16)23-15-17-8-4-2-5-9-17/h2-11,16,19-22H,12-15H2,1H3/t16-,19+,20-,21?/m0/s1. The Morgan fingerprint density at radius 2 is 1.76 bits per heavy atom. The second kappa shape index (κ2) is 9.39. The van der Waals surface area contributed by atoms with Crippen molar-refractivity contribution in [1.29, 1.82) is 0 Å². The molecule has 134 valence electrons. The van der Waals surface area contributed by atoms with E-state index in [-0.39, 0.29) is 30.2 Å². The number of benzene rings is 2. The normalized spacial score (nSPS) is 26.5. The molecule has 1 aliphatic rings. The van der Waals surface area contributed by atoms with Crippen LogP contribution in [0.5, 0.6) is 0 Å². The van der Waals surface area contributed by atoms with E-state index in [0.29, 0.717) is 13.0 Å². The predicted octanol–water partition coefficient (Wildman–Crippen LogP) is 4.50. The zero-order valence-electron chi connectivity index (χ0n) is 14.6. The van der Waals surface area contributed by atoms with Crippen molar-refractivity contribution in [2.24, 2.45) is 5.92 Å². The SMILES string of the molecule is C[C@@H]1[C@@H](OCc2ccccc2)CC(Sc2ccccc2)O[C@@H]1CCO. The number of rotatable bonds is 7. The van der Waals surface area contributed by atoms with Crippen molar-refractivity contribution in [2.45, 2.75) is 48.9 Å². The Labute approximate surface area is 154 Å². The molecule has 3 rings (SSSR count). The minimum absolute atomic E-state index is 0.0285. The van der Waals surface area contributed by atoms with Crippen LogP contribution >= 0.6 is 11.8 Å². The average molecular weight is 359 g/mol. The molecule has 0 bridgehead atoms. The highest BCUT2D eigenvalue weighted by Crippen LogP contribution is 2.37. The molecule has 0 aliphatic carbocycles. The van der Waals surface area contributed by atoms with E-state index in [1.165, 1.54) is 10.5 Å². The molecule has 0 amide bonds. The van der Waals surface area contributed by atoms with Crippen LogP contribution in [0.15, 0.2) is 65.6 Å². The molecule has 3 nitrogen and oxygen atoms in total. The fourth-order valence-electron chi connectivity index (χ4n) is 3.20. The number of ether oxygens (including phenoxy) is 2. The van der Waals surface area contributed by atoms with E-state index < -0.39 is 0 Å². The lowest BCUT2D eigenvalue weighted by atomic mass is 9.91.